The van der Waals surface area contributed by atoms with Crippen molar-refractivity contribution in [2.24, 2.45) is 45.3 Å². The Morgan fingerprint density at radius 3 is 1.94 bits per heavy atom. The summed E-state index contributed by atoms with van der Waals surface area (Å²) in [5.74, 6) is -0.235. The fraction of sp³-hybridized carbons (Fsp3) is 0.915. The first kappa shape index (κ1) is 50.7. The molecular formula is C47H78O17. The maximum Gasteiger partial charge on any atom is 0.187 e. The molecule has 0 aromatic rings. The molecule has 3 heterocycles. The summed E-state index contributed by atoms with van der Waals surface area (Å²) in [6, 6.07) is 0. The molecule has 0 unspecified atom stereocenters. The van der Waals surface area contributed by atoms with E-state index >= 15 is 0 Å². The Morgan fingerprint density at radius 1 is 0.688 bits per heavy atom. The highest BCUT2D eigenvalue weighted by Gasteiger charge is 2.72. The molecule has 7 rings (SSSR count). The van der Waals surface area contributed by atoms with Gasteiger partial charge in [-0.25, -0.2) is 0 Å². The zero-order chi connectivity index (χ0) is 47.1. The first-order valence-corrected chi connectivity index (χ1v) is 23.5. The second kappa shape index (κ2) is 18.6. The Labute approximate surface area is 377 Å². The van der Waals surface area contributed by atoms with Crippen LogP contribution < -0.4 is 0 Å². The van der Waals surface area contributed by atoms with Gasteiger partial charge in [-0.3, -0.25) is 0 Å². The van der Waals surface area contributed by atoms with E-state index in [1.54, 1.807) is 0 Å². The van der Waals surface area contributed by atoms with E-state index in [9.17, 15) is 56.2 Å². The zero-order valence-electron chi connectivity index (χ0n) is 38.6. The summed E-state index contributed by atoms with van der Waals surface area (Å²) in [5, 5.41) is 118. The van der Waals surface area contributed by atoms with Crippen LogP contribution in [0.15, 0.2) is 24.3 Å². The molecule has 3 saturated heterocycles. The van der Waals surface area contributed by atoms with Crippen LogP contribution in [0.4, 0.5) is 0 Å². The van der Waals surface area contributed by atoms with Crippen molar-refractivity contribution in [1.82, 2.24) is 0 Å². The van der Waals surface area contributed by atoms with Crippen molar-refractivity contribution < 1.29 is 84.6 Å². The quantitative estimate of drug-likeness (QED) is 0.0934. The molecule has 24 atom stereocenters. The fourth-order valence-corrected chi connectivity index (χ4v) is 14.4. The van der Waals surface area contributed by atoms with E-state index in [4.69, 9.17) is 28.4 Å². The number of ether oxygens (including phenoxy) is 6. The summed E-state index contributed by atoms with van der Waals surface area (Å²) in [7, 11) is 0. The molecule has 4 saturated carbocycles. The molecule has 0 aromatic heterocycles. The van der Waals surface area contributed by atoms with E-state index in [1.165, 1.54) is 0 Å². The smallest absolute Gasteiger partial charge is 0.187 e. The van der Waals surface area contributed by atoms with E-state index < -0.39 is 116 Å². The number of hydrogen-bond acceptors (Lipinski definition) is 17. The minimum Gasteiger partial charge on any atom is -0.394 e. The summed E-state index contributed by atoms with van der Waals surface area (Å²) >= 11 is 0. The van der Waals surface area contributed by atoms with Gasteiger partial charge < -0.3 is 84.6 Å². The van der Waals surface area contributed by atoms with Crippen LogP contribution in [0.25, 0.3) is 0 Å². The first-order chi connectivity index (χ1) is 29.9. The summed E-state index contributed by atoms with van der Waals surface area (Å²) in [5.41, 5.74) is -1.51. The number of allylic oxidation sites excluding steroid dienone is 2. The summed E-state index contributed by atoms with van der Waals surface area (Å²) in [6.07, 6.45) is -12.2. The molecule has 7 fully saturated rings. The molecular weight excluding hydrogens is 836 g/mol. The van der Waals surface area contributed by atoms with E-state index in [-0.39, 0.29) is 52.6 Å². The largest absolute Gasteiger partial charge is 0.394 e. The lowest BCUT2D eigenvalue weighted by Crippen LogP contribution is -2.67. The third-order valence-electron chi connectivity index (χ3n) is 18.1. The molecule has 11 N–H and O–H groups in total. The predicted octanol–water partition coefficient (Wildman–Crippen LogP) is 0.388. The van der Waals surface area contributed by atoms with Gasteiger partial charge in [0.2, 0.25) is 0 Å². The van der Waals surface area contributed by atoms with Crippen LogP contribution >= 0.6 is 0 Å². The van der Waals surface area contributed by atoms with Crippen LogP contribution in [0.5, 0.6) is 0 Å². The maximum atomic E-state index is 12.7. The molecule has 0 aromatic carbocycles. The van der Waals surface area contributed by atoms with E-state index in [0.717, 1.165) is 31.3 Å². The molecule has 3 aliphatic heterocycles. The van der Waals surface area contributed by atoms with Gasteiger partial charge in [0, 0.05) is 0 Å². The highest BCUT2D eigenvalue weighted by Crippen LogP contribution is 2.76. The number of aliphatic hydroxyl groups is 11. The molecule has 64 heavy (non-hydrogen) atoms. The highest BCUT2D eigenvalue weighted by atomic mass is 16.8. The Balaban J connectivity index is 1.16. The molecule has 0 amide bonds. The Bertz CT molecular complexity index is 1660. The lowest BCUT2D eigenvalue weighted by molar-refractivity contribution is -0.374. The molecule has 0 radical (unpaired) electrons. The average molecular weight is 915 g/mol. The van der Waals surface area contributed by atoms with Crippen molar-refractivity contribution >= 4 is 0 Å². The van der Waals surface area contributed by atoms with Crippen LogP contribution in [-0.2, 0) is 28.4 Å². The first-order valence-electron chi connectivity index (χ1n) is 23.5. The Kier molecular flexibility index (Phi) is 14.7. The number of rotatable bonds is 12. The second-order valence-electron chi connectivity index (χ2n) is 22.1. The van der Waals surface area contributed by atoms with E-state index in [2.05, 4.69) is 41.2 Å². The Morgan fingerprint density at radius 2 is 1.30 bits per heavy atom. The minimum absolute atomic E-state index is 0.119. The van der Waals surface area contributed by atoms with Crippen LogP contribution in [0.2, 0.25) is 0 Å². The molecule has 0 spiro atoms. The maximum absolute atomic E-state index is 12.7. The van der Waals surface area contributed by atoms with Crippen molar-refractivity contribution in [1.29, 1.82) is 0 Å². The van der Waals surface area contributed by atoms with Crippen molar-refractivity contribution in [2.75, 3.05) is 19.8 Å². The monoisotopic (exact) mass is 915 g/mol. The fourth-order valence-electron chi connectivity index (χ4n) is 14.4. The lowest BCUT2D eigenvalue weighted by Gasteiger charge is -2.71. The van der Waals surface area contributed by atoms with Crippen molar-refractivity contribution in [3.05, 3.63) is 24.3 Å². The van der Waals surface area contributed by atoms with Gasteiger partial charge in [0.1, 0.15) is 67.1 Å². The van der Waals surface area contributed by atoms with Crippen LogP contribution in [-0.4, -0.2) is 180 Å². The van der Waals surface area contributed by atoms with Crippen LogP contribution in [0.1, 0.15) is 99.8 Å². The van der Waals surface area contributed by atoms with Gasteiger partial charge in [-0.15, -0.1) is 0 Å². The molecule has 4 aliphatic carbocycles. The molecule has 0 bridgehead atoms. The summed E-state index contributed by atoms with van der Waals surface area (Å²) in [4.78, 5) is 0. The highest BCUT2D eigenvalue weighted by molar-refractivity contribution is 5.21. The summed E-state index contributed by atoms with van der Waals surface area (Å²) < 4.78 is 37.1. The summed E-state index contributed by atoms with van der Waals surface area (Å²) in [6.45, 7) is 17.7. The standard InChI is InChI=1S/C47H78O17/c1-22(2)10-9-14-47(8,64-42-39(36(56)34(54)27(20-49)61-42)63-40-37(57)32(52)25(51)21-59-40)23-11-16-46(7)31(23)24(50)18-29-44(5)15-13-30(43(3,4)28(44)12-17-45(29,46)6)62-41-38(58)35(55)33(53)26(19-48)60-41/h9-10,23-42,48-58H,1,11-21H2,2-8H3/b10-9+/t23-,24+,25+,26+,27+,28-,29+,30-,31-,32-,33+,34+,35-,36-,37+,38+,39+,40-,41-,42-,44-,45+,46+,47-/m0/s1. The van der Waals surface area contributed by atoms with Gasteiger partial charge in [-0.2, -0.15) is 0 Å². The molecule has 17 heteroatoms. The SMILES string of the molecule is C=C(C)/C=C/C[C@](C)(O[C@@H]1O[C@H](CO)[C@@H](O)[C@H](O)[C@H]1O[C@@H]1OC[C@@H](O)[C@H](O)[C@H]1O)[C@H]1CC[C@]2(C)[C@@H]1[C@H](O)C[C@@H]1[C@@]3(C)CC[C@H](O[C@@H]4O[C@H](CO)[C@@H](O)[C@H](O)[C@H]4O)C(C)(C)[C@@H]3CC[C@]12C. The second-order valence-corrected chi connectivity index (χ2v) is 22.1. The van der Waals surface area contributed by atoms with Gasteiger partial charge in [0.15, 0.2) is 18.9 Å². The van der Waals surface area contributed by atoms with Crippen LogP contribution in [0, 0.1) is 45.3 Å². The van der Waals surface area contributed by atoms with E-state index in [1.807, 2.05) is 26.0 Å². The van der Waals surface area contributed by atoms with Crippen molar-refractivity contribution in [3.63, 3.8) is 0 Å². The Hall–Kier alpha value is -1.20. The van der Waals surface area contributed by atoms with Crippen LogP contribution in [0.3, 0.4) is 0 Å². The third kappa shape index (κ3) is 8.41. The molecule has 368 valence electrons. The average Bonchev–Trinajstić information content (AvgIpc) is 3.62. The minimum atomic E-state index is -1.71. The van der Waals surface area contributed by atoms with Gasteiger partial charge in [-0.05, 0) is 111 Å². The van der Waals surface area contributed by atoms with Gasteiger partial charge in [0.25, 0.3) is 0 Å². The number of aliphatic hydroxyl groups excluding tert-OH is 11. The number of fused-ring (bicyclic) bond motifs is 5. The zero-order valence-corrected chi connectivity index (χ0v) is 38.6. The molecule has 7 aliphatic rings. The topological polar surface area (TPSA) is 278 Å². The lowest BCUT2D eigenvalue weighted by atomic mass is 9.35. The van der Waals surface area contributed by atoms with E-state index in [0.29, 0.717) is 25.7 Å². The van der Waals surface area contributed by atoms with Gasteiger partial charge in [0.05, 0.1) is 37.6 Å². The number of hydrogen-bond donors (Lipinski definition) is 11. The van der Waals surface area contributed by atoms with Gasteiger partial charge >= 0.3 is 0 Å². The van der Waals surface area contributed by atoms with Gasteiger partial charge in [-0.1, -0.05) is 58.9 Å². The predicted molar refractivity (Wildman–Crippen MR) is 227 cm³/mol. The third-order valence-corrected chi connectivity index (χ3v) is 18.1. The molecule has 17 nitrogen and oxygen atoms in total. The normalized spacial score (nSPS) is 52.7. The van der Waals surface area contributed by atoms with Crippen molar-refractivity contribution in [2.45, 2.75) is 204 Å². The van der Waals surface area contributed by atoms with Crippen molar-refractivity contribution in [3.8, 4) is 0 Å².